The van der Waals surface area contributed by atoms with Gasteiger partial charge in [-0.25, -0.2) is 0 Å². The molecule has 25 heavy (non-hydrogen) atoms. The second-order valence-electron chi connectivity index (χ2n) is 7.00. The van der Waals surface area contributed by atoms with Gasteiger partial charge in [-0.05, 0) is 52.2 Å². The Kier molecular flexibility index (Phi) is 15.7. The Bertz CT molecular complexity index is 384. The molecule has 1 aromatic rings. The molecule has 0 unspecified atom stereocenters. The fourth-order valence-corrected chi connectivity index (χ4v) is 3.46. The van der Waals surface area contributed by atoms with Crippen LogP contribution >= 0.6 is 0 Å². The molecule has 0 aromatic heterocycles. The molecule has 3 heteroatoms. The van der Waals surface area contributed by atoms with Crippen LogP contribution in [0.25, 0.3) is 0 Å². The fraction of sp³-hybridized carbons (Fsp3) is 0.727. The second kappa shape index (κ2) is 15.9. The van der Waals surface area contributed by atoms with Crippen molar-refractivity contribution in [3.63, 3.8) is 0 Å². The van der Waals surface area contributed by atoms with E-state index in [1.165, 1.54) is 82.0 Å². The van der Waals surface area contributed by atoms with E-state index < -0.39 is 0 Å². The molecule has 1 aromatic carbocycles. The molecule has 0 fully saturated rings. The molecule has 0 saturated heterocycles. The number of quaternary nitrogens is 1. The normalized spacial score (nSPS) is 11.2. The summed E-state index contributed by atoms with van der Waals surface area (Å²) in [7, 11) is 0. The first kappa shape index (κ1) is 24.7. The van der Waals surface area contributed by atoms with Crippen LogP contribution < -0.4 is 28.7 Å². The molecule has 0 spiro atoms. The van der Waals surface area contributed by atoms with Gasteiger partial charge >= 0.3 is 0 Å². The predicted octanol–water partition coefficient (Wildman–Crippen LogP) is 3.07. The lowest BCUT2D eigenvalue weighted by atomic mass is 10.1. The van der Waals surface area contributed by atoms with Crippen LogP contribution in [0.1, 0.15) is 72.1 Å². The Morgan fingerprint density at radius 1 is 0.680 bits per heavy atom. The first-order valence-electron chi connectivity index (χ1n) is 10.3. The zero-order chi connectivity index (χ0) is 17.5. The Labute approximate surface area is 173 Å². The van der Waals surface area contributed by atoms with Gasteiger partial charge in [0.2, 0.25) is 0 Å². The van der Waals surface area contributed by atoms with Gasteiger partial charge in [0.25, 0.3) is 0 Å². The van der Waals surface area contributed by atoms with E-state index in [1.54, 1.807) is 0 Å². The molecule has 2 nitrogen and oxygen atoms in total. The SMILES string of the molecule is CC[N+](CC)(CC)CCCCCCCCCCOc1ccccc1.[I-]. The van der Waals surface area contributed by atoms with E-state index in [0.717, 1.165) is 12.4 Å². The summed E-state index contributed by atoms with van der Waals surface area (Å²) >= 11 is 0. The van der Waals surface area contributed by atoms with Crippen molar-refractivity contribution in [1.29, 1.82) is 0 Å². The third-order valence-electron chi connectivity index (χ3n) is 5.55. The Hall–Kier alpha value is -0.290. The lowest BCUT2D eigenvalue weighted by molar-refractivity contribution is -0.923. The first-order chi connectivity index (χ1) is 11.8. The first-order valence-corrected chi connectivity index (χ1v) is 10.3. The minimum absolute atomic E-state index is 0. The average Bonchev–Trinajstić information content (AvgIpc) is 2.64. The van der Waals surface area contributed by atoms with Crippen molar-refractivity contribution < 1.29 is 33.2 Å². The molecule has 146 valence electrons. The molecule has 0 bridgehead atoms. The second-order valence-corrected chi connectivity index (χ2v) is 7.00. The van der Waals surface area contributed by atoms with E-state index in [9.17, 15) is 0 Å². The van der Waals surface area contributed by atoms with Gasteiger partial charge in [-0.15, -0.1) is 0 Å². The summed E-state index contributed by atoms with van der Waals surface area (Å²) in [5.41, 5.74) is 0. The van der Waals surface area contributed by atoms with Gasteiger partial charge in [0.15, 0.2) is 0 Å². The van der Waals surface area contributed by atoms with Crippen LogP contribution in [0.15, 0.2) is 30.3 Å². The van der Waals surface area contributed by atoms with Crippen molar-refractivity contribution in [3.05, 3.63) is 30.3 Å². The zero-order valence-corrected chi connectivity index (χ0v) is 19.0. The minimum atomic E-state index is 0. The number of hydrogen-bond donors (Lipinski definition) is 0. The highest BCUT2D eigenvalue weighted by Crippen LogP contribution is 2.13. The van der Waals surface area contributed by atoms with Crippen molar-refractivity contribution in [2.45, 2.75) is 72.1 Å². The van der Waals surface area contributed by atoms with E-state index in [0.29, 0.717) is 0 Å². The van der Waals surface area contributed by atoms with Crippen molar-refractivity contribution in [1.82, 2.24) is 0 Å². The van der Waals surface area contributed by atoms with Crippen LogP contribution in [0.3, 0.4) is 0 Å². The highest BCUT2D eigenvalue weighted by atomic mass is 127. The predicted molar refractivity (Wildman–Crippen MR) is 106 cm³/mol. The summed E-state index contributed by atoms with van der Waals surface area (Å²) in [6.45, 7) is 13.1. The number of benzene rings is 1. The molecule has 0 atom stereocenters. The van der Waals surface area contributed by atoms with Gasteiger partial charge in [-0.2, -0.15) is 0 Å². The maximum absolute atomic E-state index is 5.73. The maximum Gasteiger partial charge on any atom is 0.119 e. The number of rotatable bonds is 15. The quantitative estimate of drug-likeness (QED) is 0.222. The number of halogens is 1. The number of unbranched alkanes of at least 4 members (excludes halogenated alkanes) is 7. The summed E-state index contributed by atoms with van der Waals surface area (Å²) in [6, 6.07) is 10.1. The van der Waals surface area contributed by atoms with Crippen LogP contribution in [-0.2, 0) is 0 Å². The van der Waals surface area contributed by atoms with E-state index in [1.807, 2.05) is 30.3 Å². The fourth-order valence-electron chi connectivity index (χ4n) is 3.46. The molecule has 1 rings (SSSR count). The van der Waals surface area contributed by atoms with Gasteiger partial charge in [-0.1, -0.05) is 50.3 Å². The summed E-state index contributed by atoms with van der Waals surface area (Å²) in [5.74, 6) is 0.998. The highest BCUT2D eigenvalue weighted by molar-refractivity contribution is 5.20. The molecule has 0 heterocycles. The van der Waals surface area contributed by atoms with Gasteiger partial charge < -0.3 is 33.2 Å². The highest BCUT2D eigenvalue weighted by Gasteiger charge is 2.19. The molecular formula is C22H40INO. The molecular weight excluding hydrogens is 421 g/mol. The van der Waals surface area contributed by atoms with Crippen molar-refractivity contribution in [2.75, 3.05) is 32.8 Å². The zero-order valence-electron chi connectivity index (χ0n) is 16.8. The van der Waals surface area contributed by atoms with Crippen molar-refractivity contribution in [3.8, 4) is 5.75 Å². The van der Waals surface area contributed by atoms with Gasteiger partial charge in [0.05, 0.1) is 32.8 Å². The van der Waals surface area contributed by atoms with E-state index >= 15 is 0 Å². The van der Waals surface area contributed by atoms with E-state index in [4.69, 9.17) is 4.74 Å². The largest absolute Gasteiger partial charge is 1.00 e. The number of hydrogen-bond acceptors (Lipinski definition) is 1. The summed E-state index contributed by atoms with van der Waals surface area (Å²) < 4.78 is 7.03. The van der Waals surface area contributed by atoms with E-state index in [-0.39, 0.29) is 24.0 Å². The molecule has 0 saturated carbocycles. The van der Waals surface area contributed by atoms with Gasteiger partial charge in [-0.3, -0.25) is 0 Å². The molecule has 0 amide bonds. The molecule has 0 radical (unpaired) electrons. The molecule has 0 aliphatic rings. The summed E-state index contributed by atoms with van der Waals surface area (Å²) in [6.07, 6.45) is 10.9. The molecule has 0 N–H and O–H groups in total. The minimum Gasteiger partial charge on any atom is -1.00 e. The summed E-state index contributed by atoms with van der Waals surface area (Å²) in [5, 5.41) is 0. The molecule has 0 aliphatic carbocycles. The maximum atomic E-state index is 5.73. The Morgan fingerprint density at radius 3 is 1.68 bits per heavy atom. The topological polar surface area (TPSA) is 9.23 Å². The lowest BCUT2D eigenvalue weighted by Gasteiger charge is -2.35. The standard InChI is InChI=1S/C22H40NO.HI/c1-4-23(5-2,6-3)20-16-11-9-7-8-10-12-17-21-24-22-18-14-13-15-19-22;/h13-15,18-19H,4-12,16-17,20-21H2,1-3H3;1H/q+1;/p-1. The number of para-hydroxylation sites is 1. The molecule has 0 aliphatic heterocycles. The monoisotopic (exact) mass is 461 g/mol. The number of nitrogens with zero attached hydrogens (tertiary/aromatic N) is 1. The Morgan fingerprint density at radius 2 is 1.16 bits per heavy atom. The Balaban J connectivity index is 0.00000576. The van der Waals surface area contributed by atoms with Crippen LogP contribution in [0, 0.1) is 0 Å². The third kappa shape index (κ3) is 11.1. The van der Waals surface area contributed by atoms with E-state index in [2.05, 4.69) is 20.8 Å². The third-order valence-corrected chi connectivity index (χ3v) is 5.55. The summed E-state index contributed by atoms with van der Waals surface area (Å²) in [4.78, 5) is 0. The van der Waals surface area contributed by atoms with Crippen LogP contribution in [0.5, 0.6) is 5.75 Å². The smallest absolute Gasteiger partial charge is 0.119 e. The van der Waals surface area contributed by atoms with Crippen molar-refractivity contribution >= 4 is 0 Å². The van der Waals surface area contributed by atoms with Crippen LogP contribution in [0.2, 0.25) is 0 Å². The number of ether oxygens (including phenoxy) is 1. The van der Waals surface area contributed by atoms with Crippen LogP contribution in [-0.4, -0.2) is 37.3 Å². The lowest BCUT2D eigenvalue weighted by Crippen LogP contribution is -3.00. The van der Waals surface area contributed by atoms with Gasteiger partial charge in [0.1, 0.15) is 5.75 Å². The van der Waals surface area contributed by atoms with Gasteiger partial charge in [0, 0.05) is 0 Å². The average molecular weight is 461 g/mol. The van der Waals surface area contributed by atoms with Crippen molar-refractivity contribution in [2.24, 2.45) is 0 Å². The van der Waals surface area contributed by atoms with Crippen LogP contribution in [0.4, 0.5) is 0 Å².